The number of aromatic nitrogens is 1. The second-order valence-corrected chi connectivity index (χ2v) is 6.66. The van der Waals surface area contributed by atoms with E-state index in [1.54, 1.807) is 6.07 Å². The predicted molar refractivity (Wildman–Crippen MR) is 98.6 cm³/mol. The summed E-state index contributed by atoms with van der Waals surface area (Å²) in [7, 11) is 0. The van der Waals surface area contributed by atoms with Crippen molar-refractivity contribution in [1.82, 2.24) is 4.98 Å². The van der Waals surface area contributed by atoms with Gasteiger partial charge in [-0.25, -0.2) is 4.79 Å². The highest BCUT2D eigenvalue weighted by Gasteiger charge is 2.24. The molecule has 1 atom stereocenters. The second-order valence-electron chi connectivity index (χ2n) is 5.90. The van der Waals surface area contributed by atoms with Crippen molar-refractivity contribution in [1.29, 1.82) is 0 Å². The van der Waals surface area contributed by atoms with Gasteiger partial charge in [-0.15, -0.1) is 0 Å². The lowest BCUT2D eigenvalue weighted by Gasteiger charge is -2.17. The Hall–Kier alpha value is -2.29. The monoisotopic (exact) mass is 418 g/mol. The lowest BCUT2D eigenvalue weighted by Crippen LogP contribution is -2.33. The molecule has 27 heavy (non-hydrogen) atoms. The van der Waals surface area contributed by atoms with Crippen LogP contribution in [0.25, 0.3) is 0 Å². The molecule has 7 nitrogen and oxygen atoms in total. The molecule has 2 aromatic rings. The smallest absolute Gasteiger partial charge is 0.328 e. The van der Waals surface area contributed by atoms with Crippen LogP contribution in [-0.2, 0) is 4.79 Å². The molecule has 1 aromatic carbocycles. The minimum atomic E-state index is -1.45. The van der Waals surface area contributed by atoms with Crippen molar-refractivity contribution in [3.8, 4) is 17.2 Å². The van der Waals surface area contributed by atoms with Gasteiger partial charge < -0.3 is 25.4 Å². The molecule has 0 aliphatic rings. The van der Waals surface area contributed by atoms with Gasteiger partial charge in [0.15, 0.2) is 11.6 Å². The number of carboxylic acid groups (broad SMARTS) is 1. The SMILES string of the molecule is CC(C)c1cc(Oc2c(Cl)c(F)nc(N[C@@H](CO)C(=O)O)c2Cl)ccc1O. The molecule has 10 heteroatoms. The number of carbonyl (C=O) groups is 1. The Kier molecular flexibility index (Phi) is 6.69. The van der Waals surface area contributed by atoms with Crippen LogP contribution in [0.1, 0.15) is 25.3 Å². The van der Waals surface area contributed by atoms with Gasteiger partial charge in [0.1, 0.15) is 27.6 Å². The van der Waals surface area contributed by atoms with Crippen LogP contribution >= 0.6 is 23.2 Å². The van der Waals surface area contributed by atoms with Gasteiger partial charge in [0.2, 0.25) is 5.95 Å². The number of nitrogens with one attached hydrogen (secondary N) is 1. The van der Waals surface area contributed by atoms with Crippen molar-refractivity contribution >= 4 is 35.0 Å². The number of phenols is 1. The number of benzene rings is 1. The minimum Gasteiger partial charge on any atom is -0.508 e. The van der Waals surface area contributed by atoms with Crippen LogP contribution in [0, 0.1) is 5.95 Å². The lowest BCUT2D eigenvalue weighted by atomic mass is 10.0. The number of aliphatic hydroxyl groups excluding tert-OH is 1. The number of aliphatic carboxylic acids is 1. The fourth-order valence-corrected chi connectivity index (χ4v) is 2.66. The Morgan fingerprint density at radius 2 is 2.00 bits per heavy atom. The summed E-state index contributed by atoms with van der Waals surface area (Å²) in [5, 5.41) is 29.5. The lowest BCUT2D eigenvalue weighted by molar-refractivity contribution is -0.138. The summed E-state index contributed by atoms with van der Waals surface area (Å²) >= 11 is 12.0. The second kappa shape index (κ2) is 8.60. The number of ether oxygens (including phenoxy) is 1. The van der Waals surface area contributed by atoms with Crippen LogP contribution in [0.15, 0.2) is 18.2 Å². The highest BCUT2D eigenvalue weighted by atomic mass is 35.5. The molecule has 0 amide bonds. The molecule has 0 aliphatic carbocycles. The molecule has 0 aliphatic heterocycles. The van der Waals surface area contributed by atoms with Gasteiger partial charge in [0, 0.05) is 5.56 Å². The van der Waals surface area contributed by atoms with Crippen molar-refractivity contribution in [2.24, 2.45) is 0 Å². The first-order valence-electron chi connectivity index (χ1n) is 7.81. The van der Waals surface area contributed by atoms with Crippen LogP contribution in [0.2, 0.25) is 10.0 Å². The number of aromatic hydroxyl groups is 1. The summed E-state index contributed by atoms with van der Waals surface area (Å²) in [5.74, 6) is -2.85. The number of aliphatic hydroxyl groups is 1. The first-order valence-corrected chi connectivity index (χ1v) is 8.56. The van der Waals surface area contributed by atoms with E-state index in [4.69, 9.17) is 38.2 Å². The van der Waals surface area contributed by atoms with Crippen molar-refractivity contribution in [3.63, 3.8) is 0 Å². The number of carboxylic acids is 1. The predicted octanol–water partition coefficient (Wildman–Crippen LogP) is 4.01. The molecule has 1 aromatic heterocycles. The molecule has 4 N–H and O–H groups in total. The van der Waals surface area contributed by atoms with Gasteiger partial charge in [-0.1, -0.05) is 37.0 Å². The minimum absolute atomic E-state index is 0.00761. The van der Waals surface area contributed by atoms with Gasteiger partial charge in [0.05, 0.1) is 6.61 Å². The zero-order chi connectivity index (χ0) is 20.3. The van der Waals surface area contributed by atoms with E-state index in [1.807, 2.05) is 13.8 Å². The van der Waals surface area contributed by atoms with E-state index < -0.39 is 29.6 Å². The summed E-state index contributed by atoms with van der Waals surface area (Å²) in [5.41, 5.74) is 0.596. The van der Waals surface area contributed by atoms with Gasteiger partial charge in [-0.3, -0.25) is 0 Å². The number of nitrogens with zero attached hydrogens (tertiary/aromatic N) is 1. The third kappa shape index (κ3) is 4.71. The number of phenolic OH excluding ortho intramolecular Hbond substituents is 1. The van der Waals surface area contributed by atoms with Gasteiger partial charge in [0.25, 0.3) is 0 Å². The first-order chi connectivity index (χ1) is 12.6. The highest BCUT2D eigenvalue weighted by Crippen LogP contribution is 2.42. The Morgan fingerprint density at radius 3 is 2.56 bits per heavy atom. The van der Waals surface area contributed by atoms with Crippen LogP contribution < -0.4 is 10.1 Å². The van der Waals surface area contributed by atoms with E-state index in [1.165, 1.54) is 12.1 Å². The van der Waals surface area contributed by atoms with Crippen molar-refractivity contribution < 1.29 is 29.2 Å². The van der Waals surface area contributed by atoms with Crippen LogP contribution in [0.3, 0.4) is 0 Å². The molecule has 0 spiro atoms. The Balaban J connectivity index is 2.45. The normalized spacial score (nSPS) is 12.1. The van der Waals surface area contributed by atoms with Gasteiger partial charge in [-0.05, 0) is 24.1 Å². The Bertz CT molecular complexity index is 864. The molecule has 0 bridgehead atoms. The maximum absolute atomic E-state index is 14.1. The number of anilines is 1. The molecule has 0 fully saturated rings. The van der Waals surface area contributed by atoms with Gasteiger partial charge >= 0.3 is 5.97 Å². The van der Waals surface area contributed by atoms with E-state index in [0.29, 0.717) is 5.56 Å². The van der Waals surface area contributed by atoms with Crippen molar-refractivity contribution in [3.05, 3.63) is 39.8 Å². The third-order valence-corrected chi connectivity index (χ3v) is 4.31. The number of pyridine rings is 1. The van der Waals surface area contributed by atoms with Crippen LogP contribution in [0.5, 0.6) is 17.2 Å². The summed E-state index contributed by atoms with van der Waals surface area (Å²) in [4.78, 5) is 14.5. The van der Waals surface area contributed by atoms with E-state index in [2.05, 4.69) is 10.3 Å². The molecular formula is C17H17Cl2FN2O5. The van der Waals surface area contributed by atoms with E-state index in [0.717, 1.165) is 0 Å². The van der Waals surface area contributed by atoms with Gasteiger partial charge in [-0.2, -0.15) is 9.37 Å². The van der Waals surface area contributed by atoms with Crippen LogP contribution in [0.4, 0.5) is 10.2 Å². The molecule has 0 saturated heterocycles. The third-order valence-electron chi connectivity index (χ3n) is 3.63. The summed E-state index contributed by atoms with van der Waals surface area (Å²) in [6, 6.07) is 2.94. The molecule has 146 valence electrons. The molecular weight excluding hydrogens is 402 g/mol. The number of hydrogen-bond donors (Lipinski definition) is 4. The van der Waals surface area contributed by atoms with E-state index >= 15 is 0 Å². The number of hydrogen-bond acceptors (Lipinski definition) is 6. The maximum atomic E-state index is 14.1. The highest BCUT2D eigenvalue weighted by molar-refractivity contribution is 6.38. The molecule has 0 unspecified atom stereocenters. The first kappa shape index (κ1) is 21.0. The maximum Gasteiger partial charge on any atom is 0.328 e. The molecule has 2 rings (SSSR count). The van der Waals surface area contributed by atoms with Crippen molar-refractivity contribution in [2.75, 3.05) is 11.9 Å². The zero-order valence-corrected chi connectivity index (χ0v) is 15.8. The summed E-state index contributed by atoms with van der Waals surface area (Å²) < 4.78 is 19.7. The van der Waals surface area contributed by atoms with E-state index in [9.17, 15) is 14.3 Å². The summed E-state index contributed by atoms with van der Waals surface area (Å²) in [6.45, 7) is 2.96. The molecule has 1 heterocycles. The average Bonchev–Trinajstić information content (AvgIpc) is 2.61. The van der Waals surface area contributed by atoms with Crippen molar-refractivity contribution in [2.45, 2.75) is 25.8 Å². The fraction of sp³-hybridized carbons (Fsp3) is 0.294. The standard InChI is InChI=1S/C17H17Cl2FN2O5/c1-7(2)9-5-8(3-4-11(9)24)27-14-12(18)15(20)22-16(13(14)19)21-10(6-23)17(25)26/h3-5,7,10,23-24H,6H2,1-2H3,(H,21,22)(H,25,26)/t10-/m0/s1. The summed E-state index contributed by atoms with van der Waals surface area (Å²) in [6.07, 6.45) is 0. The van der Waals surface area contributed by atoms with E-state index in [-0.39, 0.29) is 34.0 Å². The quantitative estimate of drug-likeness (QED) is 0.502. The Morgan fingerprint density at radius 1 is 1.33 bits per heavy atom. The number of halogens is 3. The number of rotatable bonds is 7. The Labute approximate surface area is 164 Å². The molecule has 0 radical (unpaired) electrons. The molecule has 0 saturated carbocycles. The van der Waals surface area contributed by atoms with Crippen LogP contribution in [-0.4, -0.2) is 38.9 Å². The average molecular weight is 419 g/mol. The fourth-order valence-electron chi connectivity index (χ4n) is 2.21. The zero-order valence-electron chi connectivity index (χ0n) is 14.3. The largest absolute Gasteiger partial charge is 0.508 e. The topological polar surface area (TPSA) is 112 Å².